The maximum Gasteiger partial charge on any atom is 0.262 e. The third-order valence-corrected chi connectivity index (χ3v) is 4.61. The lowest BCUT2D eigenvalue weighted by Gasteiger charge is -2.19. The molecule has 1 aliphatic heterocycles. The predicted octanol–water partition coefficient (Wildman–Crippen LogP) is 2.41. The van der Waals surface area contributed by atoms with Crippen LogP contribution in [0.25, 0.3) is 0 Å². The van der Waals surface area contributed by atoms with Crippen molar-refractivity contribution in [2.75, 3.05) is 25.0 Å². The van der Waals surface area contributed by atoms with E-state index in [4.69, 9.17) is 14.2 Å². The number of rotatable bonds is 4. The summed E-state index contributed by atoms with van der Waals surface area (Å²) >= 11 is 0. The molecule has 0 fully saturated rings. The van der Waals surface area contributed by atoms with Crippen LogP contribution in [-0.2, 0) is 10.0 Å². The molecule has 0 aliphatic carbocycles. The first-order chi connectivity index (χ1) is 11.0. The minimum Gasteiger partial charge on any atom is -0.494 e. The van der Waals surface area contributed by atoms with Crippen molar-refractivity contribution in [3.63, 3.8) is 0 Å². The summed E-state index contributed by atoms with van der Waals surface area (Å²) in [5.41, 5.74) is 0.317. The van der Waals surface area contributed by atoms with Gasteiger partial charge < -0.3 is 14.2 Å². The van der Waals surface area contributed by atoms with Crippen molar-refractivity contribution in [2.45, 2.75) is 4.90 Å². The van der Waals surface area contributed by atoms with E-state index in [0.29, 0.717) is 30.4 Å². The number of hydrogen-bond donors (Lipinski definition) is 1. The van der Waals surface area contributed by atoms with Gasteiger partial charge in [-0.2, -0.15) is 0 Å². The number of nitrogens with one attached hydrogen (secondary N) is 1. The molecule has 122 valence electrons. The van der Waals surface area contributed by atoms with Crippen LogP contribution >= 0.6 is 0 Å². The Balaban J connectivity index is 1.89. The number of hydrogen-bond acceptors (Lipinski definition) is 5. The molecule has 1 heterocycles. The lowest BCUT2D eigenvalue weighted by molar-refractivity contribution is 0.171. The van der Waals surface area contributed by atoms with Crippen molar-refractivity contribution in [1.82, 2.24) is 0 Å². The molecule has 0 saturated carbocycles. The molecule has 2 aromatic carbocycles. The minimum absolute atomic E-state index is 0.106. The van der Waals surface area contributed by atoms with E-state index in [1.54, 1.807) is 12.1 Å². The SMILES string of the molecule is COc1cc(S(=O)(=O)Nc2ccc3c(c2)OCCO3)ccc1F. The van der Waals surface area contributed by atoms with Gasteiger partial charge in [0.05, 0.1) is 17.7 Å². The van der Waals surface area contributed by atoms with Crippen LogP contribution in [0, 0.1) is 5.82 Å². The highest BCUT2D eigenvalue weighted by Crippen LogP contribution is 2.33. The third kappa shape index (κ3) is 3.16. The molecule has 8 heteroatoms. The summed E-state index contributed by atoms with van der Waals surface area (Å²) < 4.78 is 56.2. The Morgan fingerprint density at radius 3 is 2.57 bits per heavy atom. The molecular formula is C15H14FNO5S. The normalized spacial score (nSPS) is 13.5. The zero-order valence-corrected chi connectivity index (χ0v) is 13.0. The van der Waals surface area contributed by atoms with Crippen molar-refractivity contribution in [3.05, 3.63) is 42.2 Å². The Kier molecular flexibility index (Phi) is 3.99. The van der Waals surface area contributed by atoms with Gasteiger partial charge in [0.15, 0.2) is 23.1 Å². The fraction of sp³-hybridized carbons (Fsp3) is 0.200. The first-order valence-electron chi connectivity index (χ1n) is 6.75. The molecule has 3 rings (SSSR count). The minimum atomic E-state index is -3.88. The summed E-state index contributed by atoms with van der Waals surface area (Å²) in [5, 5.41) is 0. The second kappa shape index (κ2) is 5.96. The summed E-state index contributed by atoms with van der Waals surface area (Å²) in [6.07, 6.45) is 0. The van der Waals surface area contributed by atoms with Gasteiger partial charge >= 0.3 is 0 Å². The fourth-order valence-electron chi connectivity index (χ4n) is 2.13. The molecule has 1 aliphatic rings. The van der Waals surface area contributed by atoms with E-state index >= 15 is 0 Å². The van der Waals surface area contributed by atoms with Gasteiger partial charge in [-0.05, 0) is 24.3 Å². The van der Waals surface area contributed by atoms with Gasteiger partial charge in [-0.1, -0.05) is 0 Å². The van der Waals surface area contributed by atoms with E-state index in [0.717, 1.165) is 18.2 Å². The number of anilines is 1. The molecule has 2 aromatic rings. The van der Waals surface area contributed by atoms with Gasteiger partial charge in [0.2, 0.25) is 0 Å². The summed E-state index contributed by atoms with van der Waals surface area (Å²) in [5.74, 6) is 0.247. The van der Waals surface area contributed by atoms with Gasteiger partial charge in [0, 0.05) is 12.1 Å². The van der Waals surface area contributed by atoms with Crippen molar-refractivity contribution in [3.8, 4) is 17.2 Å². The van der Waals surface area contributed by atoms with Gasteiger partial charge in [-0.25, -0.2) is 12.8 Å². The van der Waals surface area contributed by atoms with E-state index < -0.39 is 15.8 Å². The number of halogens is 1. The van der Waals surface area contributed by atoms with Crippen LogP contribution in [0.3, 0.4) is 0 Å². The maximum atomic E-state index is 13.4. The van der Waals surface area contributed by atoms with Crippen LogP contribution in [0.1, 0.15) is 0 Å². The number of methoxy groups -OCH3 is 1. The summed E-state index contributed by atoms with van der Waals surface area (Å²) in [6, 6.07) is 8.04. The number of ether oxygens (including phenoxy) is 3. The Labute approximate surface area is 132 Å². The highest BCUT2D eigenvalue weighted by atomic mass is 32.2. The second-order valence-corrected chi connectivity index (χ2v) is 6.44. The first kappa shape index (κ1) is 15.4. The predicted molar refractivity (Wildman–Crippen MR) is 81.2 cm³/mol. The number of benzene rings is 2. The van der Waals surface area contributed by atoms with Gasteiger partial charge in [-0.3, -0.25) is 4.72 Å². The van der Waals surface area contributed by atoms with Crippen molar-refractivity contribution in [1.29, 1.82) is 0 Å². The fourth-order valence-corrected chi connectivity index (χ4v) is 3.19. The summed E-state index contributed by atoms with van der Waals surface area (Å²) in [7, 11) is -2.62. The van der Waals surface area contributed by atoms with Gasteiger partial charge in [-0.15, -0.1) is 0 Å². The standard InChI is InChI=1S/C15H14FNO5S/c1-20-14-9-11(3-4-12(14)16)23(18,19)17-10-2-5-13-15(8-10)22-7-6-21-13/h2-5,8-9,17H,6-7H2,1H3. The van der Waals surface area contributed by atoms with E-state index in [1.807, 2.05) is 0 Å². The molecule has 6 nitrogen and oxygen atoms in total. The van der Waals surface area contributed by atoms with E-state index in [1.165, 1.54) is 13.2 Å². The molecule has 0 aromatic heterocycles. The summed E-state index contributed by atoms with van der Waals surface area (Å²) in [4.78, 5) is -0.106. The molecule has 0 saturated heterocycles. The van der Waals surface area contributed by atoms with Gasteiger partial charge in [0.25, 0.3) is 10.0 Å². The van der Waals surface area contributed by atoms with Crippen molar-refractivity contribution < 1.29 is 27.0 Å². The van der Waals surface area contributed by atoms with Crippen LogP contribution in [-0.4, -0.2) is 28.7 Å². The Morgan fingerprint density at radius 2 is 1.83 bits per heavy atom. The van der Waals surface area contributed by atoms with E-state index in [2.05, 4.69) is 4.72 Å². The first-order valence-corrected chi connectivity index (χ1v) is 8.24. The summed E-state index contributed by atoms with van der Waals surface area (Å²) in [6.45, 7) is 0.853. The Bertz CT molecular complexity index is 838. The molecule has 0 spiro atoms. The lowest BCUT2D eigenvalue weighted by atomic mass is 10.3. The van der Waals surface area contributed by atoms with Crippen LogP contribution in [0.15, 0.2) is 41.3 Å². The largest absolute Gasteiger partial charge is 0.494 e. The molecule has 0 radical (unpaired) electrons. The topological polar surface area (TPSA) is 73.9 Å². The second-order valence-electron chi connectivity index (χ2n) is 4.76. The smallest absolute Gasteiger partial charge is 0.262 e. The average molecular weight is 339 g/mol. The van der Waals surface area contributed by atoms with Gasteiger partial charge in [0.1, 0.15) is 13.2 Å². The van der Waals surface area contributed by atoms with Crippen LogP contribution < -0.4 is 18.9 Å². The lowest BCUT2D eigenvalue weighted by Crippen LogP contribution is -2.16. The van der Waals surface area contributed by atoms with E-state index in [-0.39, 0.29) is 10.6 Å². The third-order valence-electron chi connectivity index (χ3n) is 3.23. The Morgan fingerprint density at radius 1 is 1.09 bits per heavy atom. The van der Waals surface area contributed by atoms with E-state index in [9.17, 15) is 12.8 Å². The average Bonchev–Trinajstić information content (AvgIpc) is 2.54. The maximum absolute atomic E-state index is 13.4. The van der Waals surface area contributed by atoms with Crippen molar-refractivity contribution >= 4 is 15.7 Å². The van der Waals surface area contributed by atoms with Crippen LogP contribution in [0.2, 0.25) is 0 Å². The molecule has 0 bridgehead atoms. The van der Waals surface area contributed by atoms with Crippen LogP contribution in [0.4, 0.5) is 10.1 Å². The number of sulfonamides is 1. The molecular weight excluding hydrogens is 325 g/mol. The molecule has 23 heavy (non-hydrogen) atoms. The monoisotopic (exact) mass is 339 g/mol. The highest BCUT2D eigenvalue weighted by molar-refractivity contribution is 7.92. The molecule has 0 amide bonds. The van der Waals surface area contributed by atoms with Crippen molar-refractivity contribution in [2.24, 2.45) is 0 Å². The Hall–Kier alpha value is -2.48. The zero-order valence-electron chi connectivity index (χ0n) is 12.2. The quantitative estimate of drug-likeness (QED) is 0.926. The number of fused-ring (bicyclic) bond motifs is 1. The molecule has 0 unspecified atom stereocenters. The zero-order chi connectivity index (χ0) is 16.4. The molecule has 1 N–H and O–H groups in total. The van der Waals surface area contributed by atoms with Crippen LogP contribution in [0.5, 0.6) is 17.2 Å². The highest BCUT2D eigenvalue weighted by Gasteiger charge is 2.19. The molecule has 0 atom stereocenters.